The van der Waals surface area contributed by atoms with Crippen LogP contribution in [-0.2, 0) is 18.1 Å². The molecule has 0 amide bonds. The summed E-state index contributed by atoms with van der Waals surface area (Å²) in [5.74, 6) is 0.204. The van der Waals surface area contributed by atoms with E-state index in [4.69, 9.17) is 19.0 Å². The minimum absolute atomic E-state index is 0.204. The Hall–Kier alpha value is -0.273. The number of hydrogen-bond donors (Lipinski definition) is 1. The van der Waals surface area contributed by atoms with E-state index in [1.54, 1.807) is 21.3 Å². The topological polar surface area (TPSA) is 70.8 Å². The Morgan fingerprint density at radius 1 is 1.19 bits per heavy atom. The molecule has 0 aliphatic rings. The highest BCUT2D eigenvalue weighted by Gasteiger charge is 2.36. The van der Waals surface area contributed by atoms with E-state index in [9.17, 15) is 4.79 Å². The quantitative estimate of drug-likeness (QED) is 0.541. The van der Waals surface area contributed by atoms with Gasteiger partial charge in [0.05, 0.1) is 0 Å². The van der Waals surface area contributed by atoms with Crippen molar-refractivity contribution in [2.45, 2.75) is 26.3 Å². The molecular weight excluding hydrogens is 226 g/mol. The van der Waals surface area contributed by atoms with Gasteiger partial charge in [-0.25, -0.2) is 0 Å². The Bertz CT molecular complexity index is 155. The Kier molecular flexibility index (Phi) is 12.7. The van der Waals surface area contributed by atoms with Crippen LogP contribution in [0, 0.1) is 5.92 Å². The molecule has 0 rings (SSSR count). The van der Waals surface area contributed by atoms with E-state index in [1.807, 2.05) is 13.8 Å². The van der Waals surface area contributed by atoms with Crippen LogP contribution in [0.4, 0.5) is 0 Å². The van der Waals surface area contributed by atoms with Gasteiger partial charge in [-0.2, -0.15) is 0 Å². The molecule has 0 saturated heterocycles. The first kappa shape index (κ1) is 18.1. The van der Waals surface area contributed by atoms with Gasteiger partial charge < -0.3 is 23.8 Å². The molecular formula is C10H25NO4Si. The molecule has 2 N–H and O–H groups in total. The van der Waals surface area contributed by atoms with E-state index in [-0.39, 0.29) is 5.92 Å². The highest BCUT2D eigenvalue weighted by Crippen LogP contribution is 2.13. The second-order valence-electron chi connectivity index (χ2n) is 3.57. The lowest BCUT2D eigenvalue weighted by Gasteiger charge is -2.23. The van der Waals surface area contributed by atoms with E-state index in [2.05, 4.69) is 0 Å². The molecule has 0 spiro atoms. The second kappa shape index (κ2) is 11.2. The molecule has 5 nitrogen and oxygen atoms in total. The molecule has 98 valence electrons. The zero-order chi connectivity index (χ0) is 13.0. The van der Waals surface area contributed by atoms with E-state index in [0.29, 0.717) is 6.54 Å². The lowest BCUT2D eigenvalue weighted by atomic mass is 10.3. The van der Waals surface area contributed by atoms with Crippen LogP contribution in [0.3, 0.4) is 0 Å². The van der Waals surface area contributed by atoms with Gasteiger partial charge in [0, 0.05) is 33.3 Å². The van der Waals surface area contributed by atoms with Crippen molar-refractivity contribution in [3.05, 3.63) is 0 Å². The normalized spacial score (nSPS) is 10.9. The lowest BCUT2D eigenvalue weighted by Crippen LogP contribution is -2.42. The molecule has 0 radical (unpaired) electrons. The summed E-state index contributed by atoms with van der Waals surface area (Å²) in [6, 6.07) is 0.785. The molecule has 0 unspecified atom stereocenters. The van der Waals surface area contributed by atoms with Gasteiger partial charge >= 0.3 is 8.80 Å². The van der Waals surface area contributed by atoms with Gasteiger partial charge in [0.25, 0.3) is 0 Å². The summed E-state index contributed by atoms with van der Waals surface area (Å²) in [5.41, 5.74) is 5.36. The first-order chi connectivity index (χ1) is 7.51. The van der Waals surface area contributed by atoms with Crippen LogP contribution in [0.5, 0.6) is 0 Å². The van der Waals surface area contributed by atoms with Crippen molar-refractivity contribution < 1.29 is 18.1 Å². The van der Waals surface area contributed by atoms with Crippen LogP contribution >= 0.6 is 0 Å². The van der Waals surface area contributed by atoms with Crippen molar-refractivity contribution >= 4 is 15.1 Å². The van der Waals surface area contributed by atoms with Crippen molar-refractivity contribution in [1.29, 1.82) is 0 Å². The first-order valence-corrected chi connectivity index (χ1v) is 7.25. The smallest absolute Gasteiger partial charge is 0.377 e. The molecule has 0 aromatic heterocycles. The molecule has 0 saturated carbocycles. The number of hydrogen-bond acceptors (Lipinski definition) is 5. The molecule has 0 aliphatic carbocycles. The van der Waals surface area contributed by atoms with Crippen LogP contribution < -0.4 is 5.73 Å². The maximum absolute atomic E-state index is 9.50. The predicted octanol–water partition coefficient (Wildman–Crippen LogP) is 1.05. The van der Waals surface area contributed by atoms with Crippen molar-refractivity contribution in [1.82, 2.24) is 0 Å². The van der Waals surface area contributed by atoms with Crippen molar-refractivity contribution in [2.24, 2.45) is 11.7 Å². The summed E-state index contributed by atoms with van der Waals surface area (Å²) in [6.45, 7) is 4.35. The van der Waals surface area contributed by atoms with Crippen LogP contribution in [0.15, 0.2) is 0 Å². The van der Waals surface area contributed by atoms with Crippen LogP contribution in [0.25, 0.3) is 0 Å². The van der Waals surface area contributed by atoms with Gasteiger partial charge in [-0.3, -0.25) is 0 Å². The molecule has 0 atom stereocenters. The second-order valence-corrected chi connectivity index (χ2v) is 6.66. The Labute approximate surface area is 99.6 Å². The van der Waals surface area contributed by atoms with Crippen LogP contribution in [0.1, 0.15) is 20.3 Å². The van der Waals surface area contributed by atoms with Crippen LogP contribution in [-0.4, -0.2) is 43.0 Å². The number of rotatable bonds is 7. The Morgan fingerprint density at radius 2 is 1.56 bits per heavy atom. The summed E-state index contributed by atoms with van der Waals surface area (Å²) in [5, 5.41) is 0. The van der Waals surface area contributed by atoms with Gasteiger partial charge in [0.1, 0.15) is 6.29 Å². The monoisotopic (exact) mass is 251 g/mol. The van der Waals surface area contributed by atoms with Gasteiger partial charge in [0.2, 0.25) is 0 Å². The molecule has 16 heavy (non-hydrogen) atoms. The summed E-state index contributed by atoms with van der Waals surface area (Å²) in [7, 11) is 2.50. The fraction of sp³-hybridized carbons (Fsp3) is 0.900. The standard InChI is InChI=1S/C6H17NO3Si.C4H8O/c1-8-11(9-2,10-3)6-4-5-7;1-4(2)3-5/h4-7H2,1-3H3;3-4H,1-2H3. The van der Waals surface area contributed by atoms with Gasteiger partial charge in [-0.1, -0.05) is 13.8 Å². The Morgan fingerprint density at radius 3 is 1.75 bits per heavy atom. The zero-order valence-electron chi connectivity index (χ0n) is 11.0. The average Bonchev–Trinajstić information content (AvgIpc) is 2.32. The first-order valence-electron chi connectivity index (χ1n) is 5.32. The molecule has 0 heterocycles. The van der Waals surface area contributed by atoms with Gasteiger partial charge in [0.15, 0.2) is 0 Å². The fourth-order valence-corrected chi connectivity index (χ4v) is 2.62. The van der Waals surface area contributed by atoms with E-state index in [0.717, 1.165) is 18.8 Å². The number of aldehydes is 1. The predicted molar refractivity (Wildman–Crippen MR) is 66.2 cm³/mol. The molecule has 0 aromatic rings. The highest BCUT2D eigenvalue weighted by molar-refractivity contribution is 6.60. The molecule has 0 aromatic carbocycles. The number of carbonyl (C=O) groups is 1. The van der Waals surface area contributed by atoms with Gasteiger partial charge in [-0.15, -0.1) is 0 Å². The van der Waals surface area contributed by atoms with Crippen molar-refractivity contribution in [2.75, 3.05) is 27.9 Å². The largest absolute Gasteiger partial charge is 0.500 e. The zero-order valence-corrected chi connectivity index (χ0v) is 12.0. The molecule has 0 aliphatic heterocycles. The number of carbonyl (C=O) groups excluding carboxylic acids is 1. The lowest BCUT2D eigenvalue weighted by molar-refractivity contribution is -0.110. The molecule has 0 fully saturated rings. The minimum Gasteiger partial charge on any atom is -0.377 e. The summed E-state index contributed by atoms with van der Waals surface area (Å²) in [6.07, 6.45) is 1.79. The SMILES string of the molecule is CC(C)C=O.CO[Si](CCCN)(OC)OC. The van der Waals surface area contributed by atoms with Crippen LogP contribution in [0.2, 0.25) is 6.04 Å². The third-order valence-electron chi connectivity index (χ3n) is 1.89. The molecule has 0 bridgehead atoms. The van der Waals surface area contributed by atoms with Gasteiger partial charge in [-0.05, 0) is 13.0 Å². The van der Waals surface area contributed by atoms with E-state index < -0.39 is 8.80 Å². The average molecular weight is 251 g/mol. The fourth-order valence-electron chi connectivity index (χ4n) is 0.875. The van der Waals surface area contributed by atoms with Crippen molar-refractivity contribution in [3.8, 4) is 0 Å². The van der Waals surface area contributed by atoms with E-state index in [1.165, 1.54) is 0 Å². The maximum atomic E-state index is 9.50. The number of nitrogens with two attached hydrogens (primary N) is 1. The highest BCUT2D eigenvalue weighted by atomic mass is 28.4. The van der Waals surface area contributed by atoms with E-state index >= 15 is 0 Å². The third-order valence-corrected chi connectivity index (χ3v) is 4.72. The minimum atomic E-state index is -2.32. The summed E-state index contributed by atoms with van der Waals surface area (Å²) in [4.78, 5) is 9.50. The van der Waals surface area contributed by atoms with Crippen molar-refractivity contribution in [3.63, 3.8) is 0 Å². The maximum Gasteiger partial charge on any atom is 0.500 e. The summed E-state index contributed by atoms with van der Waals surface area (Å²) < 4.78 is 15.5. The molecule has 6 heteroatoms. The summed E-state index contributed by atoms with van der Waals surface area (Å²) >= 11 is 0. The third kappa shape index (κ3) is 8.99. The Balaban J connectivity index is 0.